The Balaban J connectivity index is 1.49. The minimum Gasteiger partial charge on any atom is -0.497 e. The maximum absolute atomic E-state index is 13.0. The van der Waals surface area contributed by atoms with E-state index in [1.165, 1.54) is 4.52 Å². The van der Waals surface area contributed by atoms with Crippen LogP contribution in [0.25, 0.3) is 17.0 Å². The third kappa shape index (κ3) is 5.16. The highest BCUT2D eigenvalue weighted by Crippen LogP contribution is 2.33. The normalized spacial score (nSPS) is 11.5. The summed E-state index contributed by atoms with van der Waals surface area (Å²) in [6.45, 7) is 5.53. The topological polar surface area (TPSA) is 126 Å². The summed E-state index contributed by atoms with van der Waals surface area (Å²) in [4.78, 5) is 0.213. The van der Waals surface area contributed by atoms with E-state index in [0.29, 0.717) is 39.8 Å². The first kappa shape index (κ1) is 26.2. The molecule has 0 spiro atoms. The summed E-state index contributed by atoms with van der Waals surface area (Å²) < 4.78 is 51.9. The zero-order valence-corrected chi connectivity index (χ0v) is 22.3. The van der Waals surface area contributed by atoms with E-state index in [0.717, 1.165) is 11.1 Å². The molecule has 0 atom stereocenters. The van der Waals surface area contributed by atoms with Crippen LogP contribution in [-0.4, -0.2) is 62.7 Å². The van der Waals surface area contributed by atoms with Crippen molar-refractivity contribution < 1.29 is 27.4 Å². The van der Waals surface area contributed by atoms with Crippen LogP contribution < -0.4 is 23.7 Å². The van der Waals surface area contributed by atoms with E-state index in [4.69, 9.17) is 18.9 Å². The van der Waals surface area contributed by atoms with Gasteiger partial charge in [-0.25, -0.2) is 13.1 Å². The maximum Gasteiger partial charge on any atom is 0.240 e. The van der Waals surface area contributed by atoms with Gasteiger partial charge in [0, 0.05) is 18.7 Å². The first-order valence-electron chi connectivity index (χ1n) is 11.4. The summed E-state index contributed by atoms with van der Waals surface area (Å²) in [6.07, 6.45) is 0. The van der Waals surface area contributed by atoms with Crippen molar-refractivity contribution in [1.82, 2.24) is 24.5 Å². The van der Waals surface area contributed by atoms with Gasteiger partial charge in [-0.1, -0.05) is 0 Å². The molecule has 0 aliphatic rings. The third-order valence-corrected chi connectivity index (χ3v) is 7.59. The van der Waals surface area contributed by atoms with Crippen molar-refractivity contribution in [3.63, 3.8) is 0 Å². The van der Waals surface area contributed by atoms with E-state index >= 15 is 0 Å². The Labute approximate surface area is 215 Å². The van der Waals surface area contributed by atoms with Crippen molar-refractivity contribution in [2.75, 3.05) is 34.5 Å². The first-order chi connectivity index (χ1) is 17.7. The van der Waals surface area contributed by atoms with Gasteiger partial charge in [0.1, 0.15) is 23.9 Å². The standard InChI is InChI=1S/C25H29N5O6S/c1-15-13-21(16(2)17(3)24(15)35-6)37(31,32)26-11-12-36-23-10-9-22-27-28-25(30(22)29-23)19-8-7-18(33-4)14-20(19)34-5/h7-10,13-14,26H,11-12H2,1-6H3. The van der Waals surface area contributed by atoms with Gasteiger partial charge in [-0.15, -0.1) is 15.3 Å². The number of nitrogens with zero attached hydrogens (tertiary/aromatic N) is 4. The van der Waals surface area contributed by atoms with Crippen LogP contribution in [0, 0.1) is 20.8 Å². The second kappa shape index (κ2) is 10.6. The van der Waals surface area contributed by atoms with Gasteiger partial charge in [0.15, 0.2) is 11.5 Å². The number of rotatable bonds is 10. The third-order valence-electron chi connectivity index (χ3n) is 6.00. The summed E-state index contributed by atoms with van der Waals surface area (Å²) in [7, 11) is 0.949. The average molecular weight is 528 g/mol. The van der Waals surface area contributed by atoms with E-state index in [2.05, 4.69) is 20.0 Å². The van der Waals surface area contributed by atoms with E-state index in [1.54, 1.807) is 58.6 Å². The molecule has 0 unspecified atom stereocenters. The second-order valence-electron chi connectivity index (χ2n) is 8.25. The van der Waals surface area contributed by atoms with E-state index < -0.39 is 10.0 Å². The van der Waals surface area contributed by atoms with Gasteiger partial charge < -0.3 is 18.9 Å². The first-order valence-corrected chi connectivity index (χ1v) is 12.9. The monoisotopic (exact) mass is 527 g/mol. The summed E-state index contributed by atoms with van der Waals surface area (Å²) in [5.41, 5.74) is 3.36. The molecule has 0 aliphatic heterocycles. The van der Waals surface area contributed by atoms with Gasteiger partial charge in [-0.2, -0.15) is 4.52 Å². The lowest BCUT2D eigenvalue weighted by Crippen LogP contribution is -2.29. The Hall–Kier alpha value is -3.90. The number of sulfonamides is 1. The minimum absolute atomic E-state index is 0.0486. The van der Waals surface area contributed by atoms with Crippen LogP contribution in [0.4, 0.5) is 0 Å². The smallest absolute Gasteiger partial charge is 0.240 e. The zero-order chi connectivity index (χ0) is 26.7. The molecule has 2 aromatic carbocycles. The van der Waals surface area contributed by atoms with Crippen molar-refractivity contribution in [2.24, 2.45) is 0 Å². The molecule has 37 heavy (non-hydrogen) atoms. The fourth-order valence-electron chi connectivity index (χ4n) is 4.02. The Morgan fingerprint density at radius 2 is 1.70 bits per heavy atom. The molecule has 11 nitrogen and oxygen atoms in total. The molecule has 2 aromatic heterocycles. The summed E-state index contributed by atoms with van der Waals surface area (Å²) in [5, 5.41) is 12.9. The predicted octanol–water partition coefficient (Wildman–Crippen LogP) is 3.10. The fraction of sp³-hybridized carbons (Fsp3) is 0.320. The number of aromatic nitrogens is 4. The molecule has 4 rings (SSSR count). The Bertz CT molecular complexity index is 1550. The molecular formula is C25H29N5O6S. The SMILES string of the molecule is COc1ccc(-c2nnc3ccc(OCCNS(=O)(=O)c4cc(C)c(OC)c(C)c4C)nn23)c(OC)c1. The molecule has 1 N–H and O–H groups in total. The van der Waals surface area contributed by atoms with Gasteiger partial charge in [-0.3, -0.25) is 0 Å². The van der Waals surface area contributed by atoms with Crippen LogP contribution in [0.3, 0.4) is 0 Å². The molecule has 4 aromatic rings. The molecule has 12 heteroatoms. The van der Waals surface area contributed by atoms with Gasteiger partial charge >= 0.3 is 0 Å². The predicted molar refractivity (Wildman–Crippen MR) is 137 cm³/mol. The van der Waals surface area contributed by atoms with Crippen LogP contribution in [0.1, 0.15) is 16.7 Å². The molecule has 0 bridgehead atoms. The van der Waals surface area contributed by atoms with Crippen LogP contribution in [0.15, 0.2) is 41.3 Å². The quantitative estimate of drug-likeness (QED) is 0.310. The molecule has 0 radical (unpaired) electrons. The lowest BCUT2D eigenvalue weighted by atomic mass is 10.1. The van der Waals surface area contributed by atoms with Crippen LogP contribution >= 0.6 is 0 Å². The van der Waals surface area contributed by atoms with Crippen LogP contribution in [0.5, 0.6) is 23.1 Å². The fourth-order valence-corrected chi connectivity index (χ4v) is 5.42. The Kier molecular flexibility index (Phi) is 7.50. The summed E-state index contributed by atoms with van der Waals surface area (Å²) >= 11 is 0. The Morgan fingerprint density at radius 1 is 0.919 bits per heavy atom. The zero-order valence-electron chi connectivity index (χ0n) is 21.5. The Morgan fingerprint density at radius 3 is 2.41 bits per heavy atom. The number of ether oxygens (including phenoxy) is 4. The molecule has 0 aliphatic carbocycles. The minimum atomic E-state index is -3.75. The molecule has 0 saturated heterocycles. The maximum atomic E-state index is 13.0. The molecule has 0 saturated carbocycles. The van der Waals surface area contributed by atoms with Crippen molar-refractivity contribution in [3.05, 3.63) is 53.1 Å². The molecule has 0 fully saturated rings. The molecule has 2 heterocycles. The number of hydrogen-bond donors (Lipinski definition) is 1. The number of fused-ring (bicyclic) bond motifs is 1. The highest BCUT2D eigenvalue weighted by atomic mass is 32.2. The summed E-state index contributed by atoms with van der Waals surface area (Å²) in [5.74, 6) is 2.62. The number of methoxy groups -OCH3 is 3. The summed E-state index contributed by atoms with van der Waals surface area (Å²) in [6, 6.07) is 10.3. The van der Waals surface area contributed by atoms with Crippen LogP contribution in [0.2, 0.25) is 0 Å². The largest absolute Gasteiger partial charge is 0.497 e. The van der Waals surface area contributed by atoms with Gasteiger partial charge in [0.2, 0.25) is 15.9 Å². The van der Waals surface area contributed by atoms with Gasteiger partial charge in [-0.05, 0) is 61.7 Å². The number of hydrogen-bond acceptors (Lipinski definition) is 9. The van der Waals surface area contributed by atoms with Crippen LogP contribution in [-0.2, 0) is 10.0 Å². The molecule has 0 amide bonds. The lowest BCUT2D eigenvalue weighted by Gasteiger charge is -2.16. The van der Waals surface area contributed by atoms with E-state index in [1.807, 2.05) is 19.9 Å². The van der Waals surface area contributed by atoms with E-state index in [-0.39, 0.29) is 23.9 Å². The van der Waals surface area contributed by atoms with Gasteiger partial charge in [0.25, 0.3) is 0 Å². The molecule has 196 valence electrons. The van der Waals surface area contributed by atoms with Gasteiger partial charge in [0.05, 0.1) is 31.8 Å². The highest BCUT2D eigenvalue weighted by Gasteiger charge is 2.21. The van der Waals surface area contributed by atoms with E-state index in [9.17, 15) is 8.42 Å². The highest BCUT2D eigenvalue weighted by molar-refractivity contribution is 7.89. The number of nitrogens with one attached hydrogen (secondary N) is 1. The average Bonchev–Trinajstić information content (AvgIpc) is 3.31. The van der Waals surface area contributed by atoms with Crippen molar-refractivity contribution in [1.29, 1.82) is 0 Å². The van der Waals surface area contributed by atoms with Crippen molar-refractivity contribution >= 4 is 15.7 Å². The molecular weight excluding hydrogens is 498 g/mol. The van der Waals surface area contributed by atoms with Crippen molar-refractivity contribution in [3.8, 4) is 34.5 Å². The number of aryl methyl sites for hydroxylation is 1. The lowest BCUT2D eigenvalue weighted by molar-refractivity contribution is 0.306. The number of benzene rings is 2. The van der Waals surface area contributed by atoms with Crippen molar-refractivity contribution in [2.45, 2.75) is 25.7 Å². The second-order valence-corrected chi connectivity index (χ2v) is 9.99.